The van der Waals surface area contributed by atoms with Crippen LogP contribution in [0.2, 0.25) is 0 Å². The van der Waals surface area contributed by atoms with E-state index in [1.165, 1.54) is 17.3 Å². The topological polar surface area (TPSA) is 49.0 Å². The summed E-state index contributed by atoms with van der Waals surface area (Å²) in [6, 6.07) is 16.2. The fourth-order valence-corrected chi connectivity index (χ4v) is 3.68. The van der Waals surface area contributed by atoms with Crippen LogP contribution in [0.3, 0.4) is 0 Å². The molecule has 0 aliphatic heterocycles. The summed E-state index contributed by atoms with van der Waals surface area (Å²) in [5.41, 5.74) is 4.29. The number of carbonyl (C=O) groups excluding carboxylic acids is 1. The minimum absolute atomic E-state index is 0.132. The van der Waals surface area contributed by atoms with E-state index in [9.17, 15) is 4.79 Å². The van der Waals surface area contributed by atoms with Crippen molar-refractivity contribution in [1.29, 1.82) is 0 Å². The van der Waals surface area contributed by atoms with Gasteiger partial charge in [-0.1, -0.05) is 48.2 Å². The fourth-order valence-electron chi connectivity index (χ4n) is 2.78. The first-order valence-electron chi connectivity index (χ1n) is 8.52. The Bertz CT molecular complexity index is 860. The van der Waals surface area contributed by atoms with Crippen LogP contribution in [0.1, 0.15) is 25.0 Å². The van der Waals surface area contributed by atoms with Crippen LogP contribution in [0.4, 0.5) is 0 Å². The first-order valence-corrected chi connectivity index (χ1v) is 9.40. The van der Waals surface area contributed by atoms with E-state index in [1.807, 2.05) is 49.1 Å². The molecular weight excluding hydrogens is 330 g/mol. The Morgan fingerprint density at radius 2 is 2.00 bits per heavy atom. The van der Waals surface area contributed by atoms with Crippen LogP contribution in [-0.4, -0.2) is 32.6 Å². The van der Waals surface area contributed by atoms with E-state index in [4.69, 9.17) is 0 Å². The number of H-pyrrole nitrogens is 1. The third kappa shape index (κ3) is 4.23. The Morgan fingerprint density at radius 3 is 2.72 bits per heavy atom. The molecule has 4 nitrogen and oxygen atoms in total. The van der Waals surface area contributed by atoms with Gasteiger partial charge in [-0.3, -0.25) is 4.79 Å². The van der Waals surface area contributed by atoms with Crippen LogP contribution in [0.15, 0.2) is 53.7 Å². The Morgan fingerprint density at radius 1 is 1.24 bits per heavy atom. The third-order valence-corrected chi connectivity index (χ3v) is 5.13. The minimum Gasteiger partial charge on any atom is -0.338 e. The predicted molar refractivity (Wildman–Crippen MR) is 104 cm³/mol. The van der Waals surface area contributed by atoms with Gasteiger partial charge in [-0.15, -0.1) is 0 Å². The highest BCUT2D eigenvalue weighted by atomic mass is 32.2. The number of aromatic amines is 1. The lowest BCUT2D eigenvalue weighted by Crippen LogP contribution is -2.36. The SMILES string of the molecule is CCN(Cc1ccccc1)C(=O)C(C)Sc1nc2ccc(C)cc2[nH]1. The molecule has 0 bridgehead atoms. The van der Waals surface area contributed by atoms with E-state index < -0.39 is 0 Å². The quantitative estimate of drug-likeness (QED) is 0.668. The van der Waals surface area contributed by atoms with Gasteiger partial charge in [-0.25, -0.2) is 4.98 Å². The molecule has 25 heavy (non-hydrogen) atoms. The predicted octanol–water partition coefficient (Wildman–Crippen LogP) is 4.40. The second kappa shape index (κ2) is 7.74. The van der Waals surface area contributed by atoms with Crippen LogP contribution < -0.4 is 0 Å². The average Bonchev–Trinajstić information content (AvgIpc) is 3.01. The summed E-state index contributed by atoms with van der Waals surface area (Å²) < 4.78 is 0. The largest absolute Gasteiger partial charge is 0.338 e. The standard InChI is InChI=1S/C20H23N3OS/c1-4-23(13-16-8-6-5-7-9-16)19(24)15(3)25-20-21-17-11-10-14(2)12-18(17)22-20/h5-12,15H,4,13H2,1-3H3,(H,21,22). The van der Waals surface area contributed by atoms with E-state index in [2.05, 4.69) is 35.1 Å². The molecule has 1 unspecified atom stereocenters. The van der Waals surface area contributed by atoms with E-state index in [-0.39, 0.29) is 11.2 Å². The maximum Gasteiger partial charge on any atom is 0.236 e. The number of aryl methyl sites for hydroxylation is 1. The Kier molecular flexibility index (Phi) is 5.43. The number of nitrogens with zero attached hydrogens (tertiary/aromatic N) is 2. The zero-order valence-electron chi connectivity index (χ0n) is 14.8. The molecule has 1 atom stereocenters. The van der Waals surface area contributed by atoms with Crippen LogP contribution in [0, 0.1) is 6.92 Å². The summed E-state index contributed by atoms with van der Waals surface area (Å²) in [5, 5.41) is 0.600. The van der Waals surface area contributed by atoms with Crippen molar-refractivity contribution < 1.29 is 4.79 Å². The molecule has 0 aliphatic rings. The summed E-state index contributed by atoms with van der Waals surface area (Å²) in [6.07, 6.45) is 0. The van der Waals surface area contributed by atoms with Crippen LogP contribution >= 0.6 is 11.8 Å². The average molecular weight is 353 g/mol. The van der Waals surface area contributed by atoms with Crippen molar-refractivity contribution in [3.63, 3.8) is 0 Å². The number of nitrogens with one attached hydrogen (secondary N) is 1. The van der Waals surface area contributed by atoms with Gasteiger partial charge in [0.05, 0.1) is 16.3 Å². The maximum absolute atomic E-state index is 12.8. The minimum atomic E-state index is -0.190. The molecule has 0 aliphatic carbocycles. The van der Waals surface area contributed by atoms with Crippen molar-refractivity contribution in [2.24, 2.45) is 0 Å². The first-order chi connectivity index (χ1) is 12.1. The number of aromatic nitrogens is 2. The lowest BCUT2D eigenvalue weighted by Gasteiger charge is -2.24. The van der Waals surface area contributed by atoms with Gasteiger partial charge >= 0.3 is 0 Å². The molecule has 0 radical (unpaired) electrons. The van der Waals surface area contributed by atoms with Crippen molar-refractivity contribution in [1.82, 2.24) is 14.9 Å². The fraction of sp³-hybridized carbons (Fsp3) is 0.300. The van der Waals surface area contributed by atoms with Gasteiger partial charge in [-0.05, 0) is 44.0 Å². The summed E-state index contributed by atoms with van der Waals surface area (Å²) in [6.45, 7) is 7.35. The Hall–Kier alpha value is -2.27. The molecule has 1 amide bonds. The molecule has 3 rings (SSSR count). The van der Waals surface area contributed by atoms with E-state index in [1.54, 1.807) is 0 Å². The van der Waals surface area contributed by atoms with Crippen molar-refractivity contribution in [3.8, 4) is 0 Å². The number of amides is 1. The molecule has 0 spiro atoms. The first kappa shape index (κ1) is 17.5. The molecule has 5 heteroatoms. The van der Waals surface area contributed by atoms with Crippen molar-refractivity contribution in [3.05, 3.63) is 59.7 Å². The van der Waals surface area contributed by atoms with Gasteiger partial charge < -0.3 is 9.88 Å². The molecule has 1 heterocycles. The third-order valence-electron chi connectivity index (χ3n) is 4.16. The molecule has 3 aromatic rings. The van der Waals surface area contributed by atoms with Gasteiger partial charge in [0.2, 0.25) is 5.91 Å². The lowest BCUT2D eigenvalue weighted by atomic mass is 10.2. The molecule has 1 aromatic heterocycles. The summed E-state index contributed by atoms with van der Waals surface area (Å²) in [5.74, 6) is 0.132. The second-order valence-electron chi connectivity index (χ2n) is 6.16. The van der Waals surface area contributed by atoms with Crippen LogP contribution in [0.5, 0.6) is 0 Å². The number of rotatable bonds is 6. The highest BCUT2D eigenvalue weighted by Crippen LogP contribution is 2.25. The van der Waals surface area contributed by atoms with Gasteiger partial charge in [-0.2, -0.15) is 0 Å². The molecule has 0 saturated heterocycles. The zero-order chi connectivity index (χ0) is 17.8. The van der Waals surface area contributed by atoms with Gasteiger partial charge in [0.25, 0.3) is 0 Å². The monoisotopic (exact) mass is 353 g/mol. The number of imidazole rings is 1. The van der Waals surface area contributed by atoms with Crippen molar-refractivity contribution >= 4 is 28.7 Å². The van der Waals surface area contributed by atoms with Crippen molar-refractivity contribution in [2.75, 3.05) is 6.54 Å². The molecular formula is C20H23N3OS. The summed E-state index contributed by atoms with van der Waals surface area (Å²) in [4.78, 5) is 22.6. The lowest BCUT2D eigenvalue weighted by molar-refractivity contribution is -0.130. The zero-order valence-corrected chi connectivity index (χ0v) is 15.6. The molecule has 1 N–H and O–H groups in total. The number of thioether (sulfide) groups is 1. The van der Waals surface area contributed by atoms with Gasteiger partial charge in [0.15, 0.2) is 5.16 Å². The second-order valence-corrected chi connectivity index (χ2v) is 7.49. The number of hydrogen-bond acceptors (Lipinski definition) is 3. The van der Waals surface area contributed by atoms with E-state index >= 15 is 0 Å². The Balaban J connectivity index is 1.69. The summed E-state index contributed by atoms with van der Waals surface area (Å²) in [7, 11) is 0. The van der Waals surface area contributed by atoms with E-state index in [0.29, 0.717) is 13.1 Å². The van der Waals surface area contributed by atoms with E-state index in [0.717, 1.165) is 21.8 Å². The number of fused-ring (bicyclic) bond motifs is 1. The molecule has 0 fully saturated rings. The number of carbonyl (C=O) groups is 1. The Labute approximate surface area is 152 Å². The number of hydrogen-bond donors (Lipinski definition) is 1. The smallest absolute Gasteiger partial charge is 0.236 e. The number of benzene rings is 2. The highest BCUT2D eigenvalue weighted by molar-refractivity contribution is 8.00. The van der Waals surface area contributed by atoms with Gasteiger partial charge in [0, 0.05) is 13.1 Å². The molecule has 130 valence electrons. The summed E-state index contributed by atoms with van der Waals surface area (Å²) >= 11 is 1.48. The van der Waals surface area contributed by atoms with Crippen LogP contribution in [-0.2, 0) is 11.3 Å². The molecule has 0 saturated carbocycles. The van der Waals surface area contributed by atoms with Crippen LogP contribution in [0.25, 0.3) is 11.0 Å². The highest BCUT2D eigenvalue weighted by Gasteiger charge is 2.22. The maximum atomic E-state index is 12.8. The van der Waals surface area contributed by atoms with Gasteiger partial charge in [0.1, 0.15) is 0 Å². The van der Waals surface area contributed by atoms with Crippen molar-refractivity contribution in [2.45, 2.75) is 37.7 Å². The normalized spacial score (nSPS) is 12.3. The molecule has 2 aromatic carbocycles.